The molecule has 0 aliphatic rings. The van der Waals surface area contributed by atoms with E-state index in [4.69, 9.17) is 9.47 Å². The first-order valence-electron chi connectivity index (χ1n) is 10.2. The van der Waals surface area contributed by atoms with Gasteiger partial charge in [-0.05, 0) is 17.7 Å². The van der Waals surface area contributed by atoms with Crippen molar-refractivity contribution in [2.24, 2.45) is 7.05 Å². The van der Waals surface area contributed by atoms with Crippen LogP contribution in [0.25, 0.3) is 0 Å². The van der Waals surface area contributed by atoms with E-state index in [0.29, 0.717) is 22.9 Å². The van der Waals surface area contributed by atoms with Crippen molar-refractivity contribution >= 4 is 6.03 Å². The van der Waals surface area contributed by atoms with Gasteiger partial charge in [0.05, 0.1) is 7.11 Å². The van der Waals surface area contributed by atoms with E-state index in [-0.39, 0.29) is 6.54 Å². The standard InChI is InChI=1S/C22H24F3N5O4/c1-30-11-10-26-19(30)21(32,22(23,24)25)8-9-27-20(31)29-14-15-6-7-18(28-13-15)34-17-5-3-4-16(12-17)33-2/h3-7,10-13,32H,8-9,14H2,1-2H3,(H2,27,29,31). The Morgan fingerprint density at radius 2 is 1.91 bits per heavy atom. The van der Waals surface area contributed by atoms with Gasteiger partial charge in [0, 0.05) is 57.3 Å². The molecular weight excluding hydrogens is 455 g/mol. The number of rotatable bonds is 9. The van der Waals surface area contributed by atoms with Crippen LogP contribution in [-0.2, 0) is 19.2 Å². The van der Waals surface area contributed by atoms with Gasteiger partial charge in [-0.3, -0.25) is 0 Å². The summed E-state index contributed by atoms with van der Waals surface area (Å²) in [6, 6.07) is 9.62. The van der Waals surface area contributed by atoms with Crippen LogP contribution in [0.2, 0.25) is 0 Å². The number of alkyl halides is 3. The fraction of sp³-hybridized carbons (Fsp3) is 0.318. The molecule has 0 aliphatic carbocycles. The Morgan fingerprint density at radius 1 is 1.15 bits per heavy atom. The molecule has 2 heterocycles. The van der Waals surface area contributed by atoms with Gasteiger partial charge >= 0.3 is 12.2 Å². The first kappa shape index (κ1) is 24.8. The smallest absolute Gasteiger partial charge is 0.424 e. The molecule has 1 aromatic carbocycles. The molecule has 3 N–H and O–H groups in total. The highest BCUT2D eigenvalue weighted by atomic mass is 19.4. The quantitative estimate of drug-likeness (QED) is 0.435. The number of halogens is 3. The number of imidazole rings is 1. The van der Waals surface area contributed by atoms with Gasteiger partial charge in [-0.1, -0.05) is 12.1 Å². The van der Waals surface area contributed by atoms with Crippen molar-refractivity contribution in [1.29, 1.82) is 0 Å². The second-order valence-corrected chi connectivity index (χ2v) is 7.36. The first-order chi connectivity index (χ1) is 16.1. The summed E-state index contributed by atoms with van der Waals surface area (Å²) in [6.45, 7) is -0.346. The van der Waals surface area contributed by atoms with Crippen LogP contribution >= 0.6 is 0 Å². The lowest BCUT2D eigenvalue weighted by Crippen LogP contribution is -2.47. The van der Waals surface area contributed by atoms with E-state index in [9.17, 15) is 23.1 Å². The first-order valence-corrected chi connectivity index (χ1v) is 10.2. The number of benzene rings is 1. The topological polar surface area (TPSA) is 111 Å². The van der Waals surface area contributed by atoms with Crippen LogP contribution in [0.15, 0.2) is 55.0 Å². The summed E-state index contributed by atoms with van der Waals surface area (Å²) in [5, 5.41) is 15.1. The summed E-state index contributed by atoms with van der Waals surface area (Å²) in [5.74, 6) is 0.964. The van der Waals surface area contributed by atoms with Crippen molar-refractivity contribution in [3.05, 3.63) is 66.4 Å². The highest BCUT2D eigenvalue weighted by Crippen LogP contribution is 2.40. The number of urea groups is 1. The zero-order valence-corrected chi connectivity index (χ0v) is 18.5. The summed E-state index contributed by atoms with van der Waals surface area (Å²) >= 11 is 0. The van der Waals surface area contributed by atoms with Crippen molar-refractivity contribution in [3.8, 4) is 17.4 Å². The number of aryl methyl sites for hydroxylation is 1. The second kappa shape index (κ2) is 10.4. The highest BCUT2D eigenvalue weighted by molar-refractivity contribution is 5.73. The summed E-state index contributed by atoms with van der Waals surface area (Å²) in [7, 11) is 2.90. The van der Waals surface area contributed by atoms with E-state index < -0.39 is 36.6 Å². The number of hydrogen-bond donors (Lipinski definition) is 3. The van der Waals surface area contributed by atoms with Crippen LogP contribution in [0.4, 0.5) is 18.0 Å². The number of carbonyl (C=O) groups excluding carboxylic acids is 1. The molecular formula is C22H24F3N5O4. The molecule has 0 saturated carbocycles. The van der Waals surface area contributed by atoms with Gasteiger partial charge in [0.2, 0.25) is 11.5 Å². The van der Waals surface area contributed by atoms with E-state index in [2.05, 4.69) is 20.6 Å². The molecule has 9 nitrogen and oxygen atoms in total. The molecule has 0 bridgehead atoms. The molecule has 3 rings (SSSR count). The van der Waals surface area contributed by atoms with Crippen molar-refractivity contribution in [3.63, 3.8) is 0 Å². The lowest BCUT2D eigenvalue weighted by molar-refractivity contribution is -0.272. The molecule has 34 heavy (non-hydrogen) atoms. The van der Waals surface area contributed by atoms with E-state index in [1.165, 1.54) is 19.4 Å². The maximum Gasteiger partial charge on any atom is 0.424 e. The molecule has 0 spiro atoms. The van der Waals surface area contributed by atoms with E-state index in [1.807, 2.05) is 0 Å². The Labute approximate surface area is 193 Å². The predicted octanol–water partition coefficient (Wildman–Crippen LogP) is 3.26. The number of hydrogen-bond acceptors (Lipinski definition) is 6. The fourth-order valence-corrected chi connectivity index (χ4v) is 3.11. The summed E-state index contributed by atoms with van der Waals surface area (Å²) < 4.78 is 52.3. The molecule has 1 unspecified atom stereocenters. The van der Waals surface area contributed by atoms with Crippen LogP contribution < -0.4 is 20.1 Å². The number of nitrogens with one attached hydrogen (secondary N) is 2. The monoisotopic (exact) mass is 479 g/mol. The molecule has 2 aromatic heterocycles. The van der Waals surface area contributed by atoms with Crippen LogP contribution in [0, 0.1) is 0 Å². The number of aliphatic hydroxyl groups is 1. The maximum absolute atomic E-state index is 13.5. The summed E-state index contributed by atoms with van der Waals surface area (Å²) in [4.78, 5) is 19.8. The van der Waals surface area contributed by atoms with Crippen molar-refractivity contribution < 1.29 is 32.5 Å². The van der Waals surface area contributed by atoms with E-state index in [1.54, 1.807) is 43.5 Å². The van der Waals surface area contributed by atoms with Crippen molar-refractivity contribution in [1.82, 2.24) is 25.2 Å². The SMILES string of the molecule is COc1cccc(Oc2ccc(CNC(=O)NCCC(O)(c3nccn3C)C(F)(F)F)cn2)c1. The minimum atomic E-state index is -4.97. The molecule has 1 atom stereocenters. The highest BCUT2D eigenvalue weighted by Gasteiger charge is 2.57. The normalized spacial score (nSPS) is 13.1. The lowest BCUT2D eigenvalue weighted by atomic mass is 9.97. The molecule has 0 saturated heterocycles. The predicted molar refractivity (Wildman–Crippen MR) is 115 cm³/mol. The van der Waals surface area contributed by atoms with E-state index in [0.717, 1.165) is 10.8 Å². The third-order valence-electron chi connectivity index (χ3n) is 4.95. The van der Waals surface area contributed by atoms with Gasteiger partial charge in [0.15, 0.2) is 0 Å². The van der Waals surface area contributed by atoms with Crippen molar-refractivity contribution in [2.45, 2.75) is 24.7 Å². The average molecular weight is 479 g/mol. The third kappa shape index (κ3) is 5.95. The number of amides is 2. The Hall–Kier alpha value is -3.80. The van der Waals surface area contributed by atoms with Gasteiger partial charge in [-0.2, -0.15) is 13.2 Å². The van der Waals surface area contributed by atoms with Gasteiger partial charge in [0.1, 0.15) is 17.3 Å². The van der Waals surface area contributed by atoms with Gasteiger partial charge in [0.25, 0.3) is 0 Å². The molecule has 3 aromatic rings. The van der Waals surface area contributed by atoms with Crippen molar-refractivity contribution in [2.75, 3.05) is 13.7 Å². The van der Waals surface area contributed by atoms with Crippen LogP contribution in [0.5, 0.6) is 17.4 Å². The Balaban J connectivity index is 1.48. The molecule has 0 radical (unpaired) electrons. The molecule has 12 heteroatoms. The van der Waals surface area contributed by atoms with E-state index >= 15 is 0 Å². The molecule has 0 aliphatic heterocycles. The number of ether oxygens (including phenoxy) is 2. The van der Waals surface area contributed by atoms with Crippen LogP contribution in [0.3, 0.4) is 0 Å². The Bertz CT molecular complexity index is 1100. The zero-order valence-electron chi connectivity index (χ0n) is 18.5. The van der Waals surface area contributed by atoms with Crippen LogP contribution in [0.1, 0.15) is 17.8 Å². The summed E-state index contributed by atoms with van der Waals surface area (Å²) in [6.07, 6.45) is -1.81. The number of carbonyl (C=O) groups is 1. The van der Waals surface area contributed by atoms with Gasteiger partial charge < -0.3 is 29.8 Å². The number of nitrogens with zero attached hydrogens (tertiary/aromatic N) is 3. The molecule has 0 fully saturated rings. The number of pyridine rings is 1. The van der Waals surface area contributed by atoms with Gasteiger partial charge in [-0.25, -0.2) is 14.8 Å². The minimum absolute atomic E-state index is 0.0845. The largest absolute Gasteiger partial charge is 0.497 e. The Morgan fingerprint density at radius 3 is 2.53 bits per heavy atom. The fourth-order valence-electron chi connectivity index (χ4n) is 3.11. The van der Waals surface area contributed by atoms with Gasteiger partial charge in [-0.15, -0.1) is 0 Å². The average Bonchev–Trinajstić information content (AvgIpc) is 3.24. The molecule has 182 valence electrons. The second-order valence-electron chi connectivity index (χ2n) is 7.36. The number of aromatic nitrogens is 3. The Kier molecular flexibility index (Phi) is 7.61. The third-order valence-corrected chi connectivity index (χ3v) is 4.95. The minimum Gasteiger partial charge on any atom is -0.497 e. The summed E-state index contributed by atoms with van der Waals surface area (Å²) in [5.41, 5.74) is -2.55. The molecule has 2 amide bonds. The van der Waals surface area contributed by atoms with Crippen LogP contribution in [-0.4, -0.2) is 45.5 Å². The number of methoxy groups -OCH3 is 1. The maximum atomic E-state index is 13.5. The zero-order chi connectivity index (χ0) is 24.8. The lowest BCUT2D eigenvalue weighted by Gasteiger charge is -2.29.